The summed E-state index contributed by atoms with van der Waals surface area (Å²) in [5.74, 6) is 0. The van der Waals surface area contributed by atoms with E-state index in [4.69, 9.17) is 11.6 Å². The highest BCUT2D eigenvalue weighted by Crippen LogP contribution is 2.17. The maximum atomic E-state index is 11.1. The fraction of sp³-hybridized carbons (Fsp3) is 0.300. The van der Waals surface area contributed by atoms with E-state index in [1.54, 1.807) is 0 Å². The van der Waals surface area contributed by atoms with E-state index >= 15 is 0 Å². The van der Waals surface area contributed by atoms with Gasteiger partial charge in [-0.05, 0) is 36.1 Å². The van der Waals surface area contributed by atoms with Gasteiger partial charge < -0.3 is 0 Å². The van der Waals surface area contributed by atoms with Crippen LogP contribution in [0.5, 0.6) is 0 Å². The van der Waals surface area contributed by atoms with Crippen LogP contribution < -0.4 is 0 Å². The highest BCUT2D eigenvalue weighted by molar-refractivity contribution is 9.09. The third-order valence-corrected chi connectivity index (χ3v) is 2.50. The molecule has 0 spiro atoms. The van der Waals surface area contributed by atoms with Gasteiger partial charge in [-0.15, -0.1) is 0 Å². The first-order chi connectivity index (χ1) is 6.16. The molecule has 0 aromatic heterocycles. The molecule has 0 saturated carbocycles. The number of benzene rings is 1. The summed E-state index contributed by atoms with van der Waals surface area (Å²) >= 11 is 8.83. The molecule has 0 aliphatic carbocycles. The molecule has 13 heavy (non-hydrogen) atoms. The predicted octanol–water partition coefficient (Wildman–Crippen LogP) is 3.31. The molecule has 70 valence electrons. The minimum atomic E-state index is -0.367. The summed E-state index contributed by atoms with van der Waals surface area (Å²) in [4.78, 5) is 11.1. The summed E-state index contributed by atoms with van der Waals surface area (Å²) in [5.41, 5.74) is 2.61. The summed E-state index contributed by atoms with van der Waals surface area (Å²) < 4.78 is 0. The third-order valence-electron chi connectivity index (χ3n) is 1.92. The van der Waals surface area contributed by atoms with Crippen LogP contribution in [-0.2, 0) is 6.42 Å². The first-order valence-corrected chi connectivity index (χ1v) is 5.51. The fourth-order valence-electron chi connectivity index (χ4n) is 1.32. The zero-order chi connectivity index (χ0) is 9.84. The lowest BCUT2D eigenvalue weighted by Crippen LogP contribution is -2.01. The van der Waals surface area contributed by atoms with Crippen LogP contribution in [-0.4, -0.2) is 10.6 Å². The van der Waals surface area contributed by atoms with Crippen molar-refractivity contribution in [1.82, 2.24) is 0 Å². The second kappa shape index (κ2) is 4.77. The Labute approximate surface area is 91.2 Å². The van der Waals surface area contributed by atoms with Crippen LogP contribution in [0.1, 0.15) is 21.5 Å². The molecule has 1 aromatic carbocycles. The molecule has 0 amide bonds. The van der Waals surface area contributed by atoms with Crippen LogP contribution in [0.2, 0.25) is 0 Å². The van der Waals surface area contributed by atoms with E-state index in [9.17, 15) is 4.79 Å². The van der Waals surface area contributed by atoms with E-state index in [-0.39, 0.29) is 5.24 Å². The van der Waals surface area contributed by atoms with Crippen molar-refractivity contribution >= 4 is 32.8 Å². The molecule has 3 heteroatoms. The molecule has 0 radical (unpaired) electrons. The van der Waals surface area contributed by atoms with Crippen molar-refractivity contribution in [3.8, 4) is 0 Å². The lowest BCUT2D eigenvalue weighted by atomic mass is 10.0. The standard InChI is InChI=1S/C10H10BrClO/c1-7-3-2-4-8(5-6-11)9(7)10(12)13/h2-4H,5-6H2,1H3. The number of rotatable bonds is 3. The van der Waals surface area contributed by atoms with Gasteiger partial charge in [-0.2, -0.15) is 0 Å². The molecule has 0 bridgehead atoms. The number of hydrogen-bond donors (Lipinski definition) is 0. The largest absolute Gasteiger partial charge is 0.276 e. The zero-order valence-electron chi connectivity index (χ0n) is 7.31. The summed E-state index contributed by atoms with van der Waals surface area (Å²) in [6.07, 6.45) is 0.829. The molecule has 0 heterocycles. The third kappa shape index (κ3) is 2.55. The second-order valence-electron chi connectivity index (χ2n) is 2.82. The average Bonchev–Trinajstić information content (AvgIpc) is 2.04. The summed E-state index contributed by atoms with van der Waals surface area (Å²) in [6, 6.07) is 5.77. The number of aryl methyl sites for hydroxylation is 2. The Morgan fingerprint density at radius 1 is 1.54 bits per heavy atom. The van der Waals surface area contributed by atoms with Gasteiger partial charge in [-0.25, -0.2) is 0 Å². The van der Waals surface area contributed by atoms with Gasteiger partial charge in [-0.3, -0.25) is 4.79 Å². The van der Waals surface area contributed by atoms with Crippen LogP contribution in [0.4, 0.5) is 0 Å². The second-order valence-corrected chi connectivity index (χ2v) is 3.96. The lowest BCUT2D eigenvalue weighted by molar-refractivity contribution is 0.108. The smallest absolute Gasteiger partial charge is 0.252 e. The van der Waals surface area contributed by atoms with Crippen molar-refractivity contribution in [3.63, 3.8) is 0 Å². The summed E-state index contributed by atoms with van der Waals surface area (Å²) in [5, 5.41) is 0.474. The molecule has 0 saturated heterocycles. The molecular weight excluding hydrogens is 251 g/mol. The Kier molecular flexibility index (Phi) is 3.94. The van der Waals surface area contributed by atoms with Crippen molar-refractivity contribution in [2.24, 2.45) is 0 Å². The average molecular weight is 262 g/mol. The van der Waals surface area contributed by atoms with Crippen LogP contribution >= 0.6 is 27.5 Å². The first-order valence-electron chi connectivity index (χ1n) is 4.01. The van der Waals surface area contributed by atoms with Crippen LogP contribution in [0.15, 0.2) is 18.2 Å². The minimum Gasteiger partial charge on any atom is -0.276 e. The molecule has 1 aromatic rings. The number of carbonyl (C=O) groups excluding carboxylic acids is 1. The maximum absolute atomic E-state index is 11.1. The maximum Gasteiger partial charge on any atom is 0.252 e. The van der Waals surface area contributed by atoms with Gasteiger partial charge in [0, 0.05) is 10.9 Å². The number of alkyl halides is 1. The van der Waals surface area contributed by atoms with Gasteiger partial charge in [0.25, 0.3) is 5.24 Å². The molecular formula is C10H10BrClO. The van der Waals surface area contributed by atoms with E-state index in [2.05, 4.69) is 15.9 Å². The Morgan fingerprint density at radius 2 is 2.23 bits per heavy atom. The molecule has 0 aliphatic rings. The molecule has 1 nitrogen and oxygen atoms in total. The predicted molar refractivity (Wildman–Crippen MR) is 58.9 cm³/mol. The fourth-order valence-corrected chi connectivity index (χ4v) is 2.02. The van der Waals surface area contributed by atoms with Crippen molar-refractivity contribution in [1.29, 1.82) is 0 Å². The highest BCUT2D eigenvalue weighted by Gasteiger charge is 2.10. The Morgan fingerprint density at radius 3 is 2.77 bits per heavy atom. The van der Waals surface area contributed by atoms with Gasteiger partial charge in [0.2, 0.25) is 0 Å². The monoisotopic (exact) mass is 260 g/mol. The molecule has 1 rings (SSSR count). The minimum absolute atomic E-state index is 0.367. The Balaban J connectivity index is 3.17. The quantitative estimate of drug-likeness (QED) is 0.603. The normalized spacial score (nSPS) is 10.1. The van der Waals surface area contributed by atoms with Crippen molar-refractivity contribution in [2.45, 2.75) is 13.3 Å². The van der Waals surface area contributed by atoms with Crippen molar-refractivity contribution in [3.05, 3.63) is 34.9 Å². The SMILES string of the molecule is Cc1cccc(CCBr)c1C(=O)Cl. The van der Waals surface area contributed by atoms with Crippen LogP contribution in [0, 0.1) is 6.92 Å². The van der Waals surface area contributed by atoms with Gasteiger partial charge in [-0.1, -0.05) is 34.1 Å². The molecule has 0 aliphatic heterocycles. The molecule has 0 unspecified atom stereocenters. The van der Waals surface area contributed by atoms with Crippen molar-refractivity contribution in [2.75, 3.05) is 5.33 Å². The van der Waals surface area contributed by atoms with Gasteiger partial charge in [0.15, 0.2) is 0 Å². The van der Waals surface area contributed by atoms with Gasteiger partial charge >= 0.3 is 0 Å². The topological polar surface area (TPSA) is 17.1 Å². The Hall–Kier alpha value is -0.340. The van der Waals surface area contributed by atoms with E-state index in [0.717, 1.165) is 22.9 Å². The van der Waals surface area contributed by atoms with E-state index in [0.29, 0.717) is 5.56 Å². The molecule has 0 atom stereocenters. The van der Waals surface area contributed by atoms with Crippen LogP contribution in [0.3, 0.4) is 0 Å². The summed E-state index contributed by atoms with van der Waals surface area (Å²) in [7, 11) is 0. The molecule has 0 N–H and O–H groups in total. The van der Waals surface area contributed by atoms with Gasteiger partial charge in [0.05, 0.1) is 0 Å². The molecule has 0 fully saturated rings. The van der Waals surface area contributed by atoms with Crippen LogP contribution in [0.25, 0.3) is 0 Å². The summed E-state index contributed by atoms with van der Waals surface area (Å²) in [6.45, 7) is 1.90. The van der Waals surface area contributed by atoms with Gasteiger partial charge in [0.1, 0.15) is 0 Å². The van der Waals surface area contributed by atoms with E-state index in [1.807, 2.05) is 25.1 Å². The van der Waals surface area contributed by atoms with Crippen molar-refractivity contribution < 1.29 is 4.79 Å². The highest BCUT2D eigenvalue weighted by atomic mass is 79.9. The Bertz CT molecular complexity index is 323. The zero-order valence-corrected chi connectivity index (χ0v) is 9.65. The lowest BCUT2D eigenvalue weighted by Gasteiger charge is -2.06. The number of carbonyl (C=O) groups is 1. The number of hydrogen-bond acceptors (Lipinski definition) is 1. The number of halogens is 2. The van der Waals surface area contributed by atoms with E-state index < -0.39 is 0 Å². The van der Waals surface area contributed by atoms with E-state index in [1.165, 1.54) is 0 Å². The first kappa shape index (κ1) is 10.7.